The molecule has 1 saturated heterocycles. The fourth-order valence-electron chi connectivity index (χ4n) is 4.02. The van der Waals surface area contributed by atoms with E-state index >= 15 is 0 Å². The van der Waals surface area contributed by atoms with Crippen molar-refractivity contribution in [2.75, 3.05) is 13.1 Å². The second kappa shape index (κ2) is 8.71. The van der Waals surface area contributed by atoms with Crippen molar-refractivity contribution < 1.29 is 18.3 Å². The largest absolute Gasteiger partial charge is 0.481 e. The maximum Gasteiger partial charge on any atom is 0.336 e. The van der Waals surface area contributed by atoms with E-state index in [1.807, 2.05) is 4.90 Å². The molecule has 0 radical (unpaired) electrons. The fraction of sp³-hybridized carbons (Fsp3) is 0.333. The number of ether oxygens (including phenoxy) is 1. The zero-order valence-electron chi connectivity index (χ0n) is 17.4. The first kappa shape index (κ1) is 21.4. The molecule has 0 aliphatic carbocycles. The summed E-state index contributed by atoms with van der Waals surface area (Å²) in [5.41, 5.74) is 0.798. The highest BCUT2D eigenvalue weighted by atomic mass is 35.5. The van der Waals surface area contributed by atoms with Crippen LogP contribution in [0.1, 0.15) is 26.7 Å². The van der Waals surface area contributed by atoms with Crippen LogP contribution in [0.4, 0.5) is 4.39 Å². The van der Waals surface area contributed by atoms with Gasteiger partial charge in [0.2, 0.25) is 0 Å². The van der Waals surface area contributed by atoms with Gasteiger partial charge in [-0.15, -0.1) is 0 Å². The molecular formula is C24H23ClFNO4. The van der Waals surface area contributed by atoms with Crippen LogP contribution in [0.3, 0.4) is 0 Å². The summed E-state index contributed by atoms with van der Waals surface area (Å²) in [6, 6.07) is 10.4. The Labute approximate surface area is 184 Å². The number of halogens is 2. The predicted octanol–water partition coefficient (Wildman–Crippen LogP) is 5.28. The Balaban J connectivity index is 1.61. The molecule has 1 aromatic heterocycles. The smallest absolute Gasteiger partial charge is 0.336 e. The molecule has 1 fully saturated rings. The maximum absolute atomic E-state index is 13.4. The van der Waals surface area contributed by atoms with Crippen molar-refractivity contribution >= 4 is 28.5 Å². The molecule has 2 heterocycles. The van der Waals surface area contributed by atoms with Crippen molar-refractivity contribution in [2.45, 2.75) is 32.8 Å². The third kappa shape index (κ3) is 4.44. The van der Waals surface area contributed by atoms with E-state index in [2.05, 4.69) is 6.92 Å². The highest BCUT2D eigenvalue weighted by Crippen LogP contribution is 2.34. The van der Waals surface area contributed by atoms with E-state index in [1.165, 1.54) is 24.3 Å². The van der Waals surface area contributed by atoms with Gasteiger partial charge in [0.25, 0.3) is 5.91 Å². The second-order valence-electron chi connectivity index (χ2n) is 7.87. The zero-order chi connectivity index (χ0) is 22.1. The van der Waals surface area contributed by atoms with Crippen LogP contribution in [-0.4, -0.2) is 30.0 Å². The van der Waals surface area contributed by atoms with Gasteiger partial charge in [-0.3, -0.25) is 4.79 Å². The van der Waals surface area contributed by atoms with Crippen LogP contribution < -0.4 is 10.4 Å². The van der Waals surface area contributed by atoms with Gasteiger partial charge in [0.1, 0.15) is 17.1 Å². The molecule has 31 heavy (non-hydrogen) atoms. The topological polar surface area (TPSA) is 59.8 Å². The summed E-state index contributed by atoms with van der Waals surface area (Å²) in [5.74, 6) is 0.454. The highest BCUT2D eigenvalue weighted by molar-refractivity contribution is 6.33. The Kier molecular flexibility index (Phi) is 6.01. The van der Waals surface area contributed by atoms with Crippen molar-refractivity contribution in [1.82, 2.24) is 4.90 Å². The lowest BCUT2D eigenvalue weighted by molar-refractivity contribution is -0.137. The van der Waals surface area contributed by atoms with Crippen LogP contribution in [0.5, 0.6) is 5.75 Å². The lowest BCUT2D eigenvalue weighted by atomic mass is 10.0. The normalized spacial score (nSPS) is 17.2. The van der Waals surface area contributed by atoms with Gasteiger partial charge in [-0.2, -0.15) is 0 Å². The number of carbonyl (C=O) groups is 1. The summed E-state index contributed by atoms with van der Waals surface area (Å²) in [6.07, 6.45) is 1.42. The van der Waals surface area contributed by atoms with Crippen molar-refractivity contribution in [3.05, 3.63) is 63.7 Å². The van der Waals surface area contributed by atoms with Gasteiger partial charge >= 0.3 is 5.63 Å². The summed E-state index contributed by atoms with van der Waals surface area (Å²) in [6.45, 7) is 5.36. The van der Waals surface area contributed by atoms with Crippen LogP contribution in [0, 0.1) is 11.7 Å². The standard InChI is InChI=1S/C24H23ClFNO4/c1-3-15-8-9-27(13-15)24(29)14(2)30-17-5-7-19-20(12-23(28)31-22(19)11-17)18-6-4-16(26)10-21(18)25/h4-7,10-12,14-15H,3,8-9,13H2,1-2H3. The first-order valence-electron chi connectivity index (χ1n) is 10.3. The summed E-state index contributed by atoms with van der Waals surface area (Å²) >= 11 is 6.20. The van der Waals surface area contributed by atoms with Gasteiger partial charge < -0.3 is 14.1 Å². The number of nitrogens with zero attached hydrogens (tertiary/aromatic N) is 1. The minimum atomic E-state index is -0.658. The molecule has 2 atom stereocenters. The number of hydrogen-bond acceptors (Lipinski definition) is 4. The van der Waals surface area contributed by atoms with Crippen LogP contribution >= 0.6 is 11.6 Å². The van der Waals surface area contributed by atoms with Crippen LogP contribution in [0.2, 0.25) is 5.02 Å². The average molecular weight is 444 g/mol. The molecule has 2 unspecified atom stereocenters. The molecule has 7 heteroatoms. The second-order valence-corrected chi connectivity index (χ2v) is 8.28. The Hall–Kier alpha value is -2.86. The number of amides is 1. The molecular weight excluding hydrogens is 421 g/mol. The van der Waals surface area contributed by atoms with E-state index in [1.54, 1.807) is 25.1 Å². The number of rotatable bonds is 5. The van der Waals surface area contributed by atoms with Gasteiger partial charge in [0.15, 0.2) is 6.10 Å². The summed E-state index contributed by atoms with van der Waals surface area (Å²) in [5, 5.41) is 0.826. The Morgan fingerprint density at radius 1 is 1.26 bits per heavy atom. The van der Waals surface area contributed by atoms with E-state index in [4.69, 9.17) is 20.8 Å². The summed E-state index contributed by atoms with van der Waals surface area (Å²) in [4.78, 5) is 26.7. The molecule has 2 aromatic carbocycles. The first-order valence-corrected chi connectivity index (χ1v) is 10.7. The van der Waals surface area contributed by atoms with Gasteiger partial charge in [0, 0.05) is 41.7 Å². The lowest BCUT2D eigenvalue weighted by Gasteiger charge is -2.22. The van der Waals surface area contributed by atoms with Gasteiger partial charge in [-0.1, -0.05) is 24.9 Å². The molecule has 5 nitrogen and oxygen atoms in total. The average Bonchev–Trinajstić information content (AvgIpc) is 3.21. The van der Waals surface area contributed by atoms with E-state index < -0.39 is 17.5 Å². The van der Waals surface area contributed by atoms with Crippen molar-refractivity contribution in [3.8, 4) is 16.9 Å². The monoisotopic (exact) mass is 443 g/mol. The van der Waals surface area contributed by atoms with Crippen molar-refractivity contribution in [3.63, 3.8) is 0 Å². The first-order chi connectivity index (χ1) is 14.9. The Morgan fingerprint density at radius 2 is 2.06 bits per heavy atom. The number of hydrogen-bond donors (Lipinski definition) is 0. The third-order valence-corrected chi connectivity index (χ3v) is 6.09. The third-order valence-electron chi connectivity index (χ3n) is 5.77. The minimum Gasteiger partial charge on any atom is -0.481 e. The number of benzene rings is 2. The predicted molar refractivity (Wildman–Crippen MR) is 118 cm³/mol. The van der Waals surface area contributed by atoms with Crippen LogP contribution in [-0.2, 0) is 4.79 Å². The molecule has 3 aromatic rings. The maximum atomic E-state index is 13.4. The van der Waals surface area contributed by atoms with Crippen molar-refractivity contribution in [1.29, 1.82) is 0 Å². The molecule has 4 rings (SSSR count). The molecule has 1 amide bonds. The van der Waals surface area contributed by atoms with Gasteiger partial charge in [-0.25, -0.2) is 9.18 Å². The van der Waals surface area contributed by atoms with Crippen molar-refractivity contribution in [2.24, 2.45) is 5.92 Å². The summed E-state index contributed by atoms with van der Waals surface area (Å²) in [7, 11) is 0. The molecule has 1 aliphatic rings. The zero-order valence-corrected chi connectivity index (χ0v) is 18.1. The van der Waals surface area contributed by atoms with E-state index in [0.717, 1.165) is 25.9 Å². The Bertz CT molecular complexity index is 1190. The van der Waals surface area contributed by atoms with Crippen LogP contribution in [0.15, 0.2) is 51.7 Å². The van der Waals surface area contributed by atoms with Crippen LogP contribution in [0.25, 0.3) is 22.1 Å². The van der Waals surface area contributed by atoms with Gasteiger partial charge in [-0.05, 0) is 49.6 Å². The Morgan fingerprint density at radius 3 is 2.77 bits per heavy atom. The quantitative estimate of drug-likeness (QED) is 0.503. The SMILES string of the molecule is CCC1CCN(C(=O)C(C)Oc2ccc3c(-c4ccc(F)cc4Cl)cc(=O)oc3c2)C1. The fourth-order valence-corrected chi connectivity index (χ4v) is 4.29. The minimum absolute atomic E-state index is 0.0515. The number of likely N-dealkylation sites (tertiary alicyclic amines) is 1. The molecule has 0 spiro atoms. The lowest BCUT2D eigenvalue weighted by Crippen LogP contribution is -2.39. The van der Waals surface area contributed by atoms with Gasteiger partial charge in [0.05, 0.1) is 5.02 Å². The van der Waals surface area contributed by atoms with E-state index in [-0.39, 0.29) is 10.9 Å². The molecule has 0 saturated carbocycles. The number of fused-ring (bicyclic) bond motifs is 1. The summed E-state index contributed by atoms with van der Waals surface area (Å²) < 4.78 is 24.6. The van der Waals surface area contributed by atoms with E-state index in [9.17, 15) is 14.0 Å². The van der Waals surface area contributed by atoms with E-state index in [0.29, 0.717) is 33.8 Å². The molecule has 162 valence electrons. The molecule has 0 N–H and O–H groups in total. The highest BCUT2D eigenvalue weighted by Gasteiger charge is 2.29. The molecule has 0 bridgehead atoms. The molecule has 1 aliphatic heterocycles. The number of carbonyl (C=O) groups excluding carboxylic acids is 1.